The summed E-state index contributed by atoms with van der Waals surface area (Å²) in [4.78, 5) is 9.48. The van der Waals surface area contributed by atoms with E-state index in [9.17, 15) is 0 Å². The van der Waals surface area contributed by atoms with Crippen LogP contribution in [0.5, 0.6) is 0 Å². The Balaban J connectivity index is 1.76. The lowest BCUT2D eigenvalue weighted by Crippen LogP contribution is -2.21. The smallest absolute Gasteiger partial charge is 0.0921 e. The van der Waals surface area contributed by atoms with Crippen molar-refractivity contribution in [3.8, 4) is 0 Å². The number of nitrogens with zero attached hydrogens (tertiary/aromatic N) is 2. The van der Waals surface area contributed by atoms with Crippen LogP contribution in [-0.2, 0) is 13.0 Å². The molecule has 4 heteroatoms. The van der Waals surface area contributed by atoms with Crippen molar-refractivity contribution in [2.24, 2.45) is 0 Å². The SMILES string of the molecule is CCN(CC)c1ccc(CNCCc2cnc[nH]2)cc1. The van der Waals surface area contributed by atoms with Gasteiger partial charge in [0.1, 0.15) is 0 Å². The summed E-state index contributed by atoms with van der Waals surface area (Å²) in [5.41, 5.74) is 3.80. The molecule has 0 fully saturated rings. The minimum absolute atomic E-state index is 0.909. The van der Waals surface area contributed by atoms with E-state index in [1.807, 2.05) is 6.20 Å². The normalized spacial score (nSPS) is 10.7. The fraction of sp³-hybridized carbons (Fsp3) is 0.438. The van der Waals surface area contributed by atoms with Gasteiger partial charge in [-0.25, -0.2) is 4.98 Å². The first-order valence-corrected chi connectivity index (χ1v) is 7.35. The molecule has 1 heterocycles. The van der Waals surface area contributed by atoms with Gasteiger partial charge >= 0.3 is 0 Å². The maximum Gasteiger partial charge on any atom is 0.0921 e. The fourth-order valence-electron chi connectivity index (χ4n) is 2.29. The van der Waals surface area contributed by atoms with Crippen LogP contribution in [0.3, 0.4) is 0 Å². The Morgan fingerprint density at radius 1 is 1.15 bits per heavy atom. The van der Waals surface area contributed by atoms with Gasteiger partial charge in [-0.3, -0.25) is 0 Å². The molecule has 0 saturated carbocycles. The molecule has 0 aliphatic rings. The van der Waals surface area contributed by atoms with E-state index in [1.165, 1.54) is 16.9 Å². The lowest BCUT2D eigenvalue weighted by Gasteiger charge is -2.21. The first kappa shape index (κ1) is 14.6. The predicted octanol–water partition coefficient (Wildman–Crippen LogP) is 2.59. The van der Waals surface area contributed by atoms with Gasteiger partial charge in [0.25, 0.3) is 0 Å². The van der Waals surface area contributed by atoms with E-state index in [0.717, 1.165) is 32.6 Å². The standard InChI is InChI=1S/C16H24N4/c1-3-20(4-2)16-7-5-14(6-8-16)11-17-10-9-15-12-18-13-19-15/h5-8,12-13,17H,3-4,9-11H2,1-2H3,(H,18,19). The molecule has 1 aromatic carbocycles. The van der Waals surface area contributed by atoms with Crippen LogP contribution >= 0.6 is 0 Å². The molecule has 2 rings (SSSR count). The minimum atomic E-state index is 0.909. The summed E-state index contributed by atoms with van der Waals surface area (Å²) >= 11 is 0. The third kappa shape index (κ3) is 4.10. The number of rotatable bonds is 8. The number of aromatic amines is 1. The summed E-state index contributed by atoms with van der Waals surface area (Å²) in [7, 11) is 0. The predicted molar refractivity (Wildman–Crippen MR) is 84.0 cm³/mol. The number of anilines is 1. The highest BCUT2D eigenvalue weighted by Gasteiger charge is 2.01. The number of hydrogen-bond donors (Lipinski definition) is 2. The molecule has 0 aliphatic carbocycles. The highest BCUT2D eigenvalue weighted by Crippen LogP contribution is 2.14. The molecule has 2 N–H and O–H groups in total. The van der Waals surface area contributed by atoms with E-state index in [2.05, 4.69) is 58.3 Å². The Labute approximate surface area is 121 Å². The van der Waals surface area contributed by atoms with E-state index >= 15 is 0 Å². The van der Waals surface area contributed by atoms with E-state index in [-0.39, 0.29) is 0 Å². The van der Waals surface area contributed by atoms with Crippen LogP contribution < -0.4 is 10.2 Å². The zero-order valence-corrected chi connectivity index (χ0v) is 12.4. The van der Waals surface area contributed by atoms with Gasteiger partial charge in [-0.15, -0.1) is 0 Å². The fourth-order valence-corrected chi connectivity index (χ4v) is 2.29. The van der Waals surface area contributed by atoms with Crippen LogP contribution in [0.2, 0.25) is 0 Å². The molecule has 0 unspecified atom stereocenters. The Bertz CT molecular complexity index is 472. The molecule has 20 heavy (non-hydrogen) atoms. The Morgan fingerprint density at radius 2 is 1.90 bits per heavy atom. The second-order valence-corrected chi connectivity index (χ2v) is 4.84. The van der Waals surface area contributed by atoms with Crippen LogP contribution in [0.25, 0.3) is 0 Å². The molecule has 0 amide bonds. The molecular formula is C16H24N4. The maximum absolute atomic E-state index is 4.01. The van der Waals surface area contributed by atoms with E-state index in [1.54, 1.807) is 6.33 Å². The lowest BCUT2D eigenvalue weighted by atomic mass is 10.2. The molecule has 0 spiro atoms. The molecule has 108 valence electrons. The molecule has 1 aromatic heterocycles. The first-order chi connectivity index (χ1) is 9.83. The topological polar surface area (TPSA) is 44.0 Å². The first-order valence-electron chi connectivity index (χ1n) is 7.35. The van der Waals surface area contributed by atoms with E-state index in [0.29, 0.717) is 0 Å². The van der Waals surface area contributed by atoms with Crippen LogP contribution in [0.15, 0.2) is 36.8 Å². The molecule has 4 nitrogen and oxygen atoms in total. The summed E-state index contributed by atoms with van der Waals surface area (Å²) in [6, 6.07) is 8.82. The summed E-state index contributed by atoms with van der Waals surface area (Å²) in [6.45, 7) is 8.35. The molecule has 0 saturated heterocycles. The highest BCUT2D eigenvalue weighted by atomic mass is 15.1. The molecule has 0 atom stereocenters. The van der Waals surface area contributed by atoms with Crippen LogP contribution in [0, 0.1) is 0 Å². The Hall–Kier alpha value is -1.81. The van der Waals surface area contributed by atoms with Gasteiger partial charge in [-0.1, -0.05) is 12.1 Å². The summed E-state index contributed by atoms with van der Waals surface area (Å²) in [5.74, 6) is 0. The van der Waals surface area contributed by atoms with Crippen LogP contribution in [0.4, 0.5) is 5.69 Å². The molecule has 0 bridgehead atoms. The minimum Gasteiger partial charge on any atom is -0.372 e. The van der Waals surface area contributed by atoms with Gasteiger partial charge in [-0.2, -0.15) is 0 Å². The van der Waals surface area contributed by atoms with E-state index in [4.69, 9.17) is 0 Å². The van der Waals surface area contributed by atoms with Crippen molar-refractivity contribution in [1.82, 2.24) is 15.3 Å². The third-order valence-electron chi connectivity index (χ3n) is 3.52. The van der Waals surface area contributed by atoms with Gasteiger partial charge < -0.3 is 15.2 Å². The number of aromatic nitrogens is 2. The van der Waals surface area contributed by atoms with Crippen molar-refractivity contribution >= 4 is 5.69 Å². The molecular weight excluding hydrogens is 248 g/mol. The molecule has 0 radical (unpaired) electrons. The van der Waals surface area contributed by atoms with Crippen molar-refractivity contribution < 1.29 is 0 Å². The van der Waals surface area contributed by atoms with Crippen molar-refractivity contribution in [2.75, 3.05) is 24.5 Å². The number of nitrogens with one attached hydrogen (secondary N) is 2. The third-order valence-corrected chi connectivity index (χ3v) is 3.52. The quantitative estimate of drug-likeness (QED) is 0.726. The van der Waals surface area contributed by atoms with Gasteiger partial charge in [0.15, 0.2) is 0 Å². The van der Waals surface area contributed by atoms with Crippen LogP contribution in [0.1, 0.15) is 25.1 Å². The average molecular weight is 272 g/mol. The zero-order valence-electron chi connectivity index (χ0n) is 12.4. The number of benzene rings is 1. The lowest BCUT2D eigenvalue weighted by molar-refractivity contribution is 0.681. The second-order valence-electron chi connectivity index (χ2n) is 4.84. The van der Waals surface area contributed by atoms with Crippen LogP contribution in [-0.4, -0.2) is 29.6 Å². The number of hydrogen-bond acceptors (Lipinski definition) is 3. The highest BCUT2D eigenvalue weighted by molar-refractivity contribution is 5.47. The number of imidazole rings is 1. The molecule has 2 aromatic rings. The van der Waals surface area contributed by atoms with Crippen molar-refractivity contribution in [1.29, 1.82) is 0 Å². The monoisotopic (exact) mass is 272 g/mol. The summed E-state index contributed by atoms with van der Waals surface area (Å²) in [6.07, 6.45) is 4.58. The van der Waals surface area contributed by atoms with Gasteiger partial charge in [0.2, 0.25) is 0 Å². The van der Waals surface area contributed by atoms with Crippen molar-refractivity contribution in [3.63, 3.8) is 0 Å². The zero-order chi connectivity index (χ0) is 14.2. The van der Waals surface area contributed by atoms with Gasteiger partial charge in [0.05, 0.1) is 6.33 Å². The summed E-state index contributed by atoms with van der Waals surface area (Å²) < 4.78 is 0. The Kier molecular flexibility index (Phi) is 5.62. The molecule has 0 aliphatic heterocycles. The van der Waals surface area contributed by atoms with Crippen molar-refractivity contribution in [3.05, 3.63) is 48.0 Å². The largest absolute Gasteiger partial charge is 0.372 e. The maximum atomic E-state index is 4.01. The average Bonchev–Trinajstić information content (AvgIpc) is 3.00. The number of H-pyrrole nitrogens is 1. The van der Waals surface area contributed by atoms with Gasteiger partial charge in [-0.05, 0) is 31.5 Å². The summed E-state index contributed by atoms with van der Waals surface area (Å²) in [5, 5.41) is 3.46. The van der Waals surface area contributed by atoms with Crippen molar-refractivity contribution in [2.45, 2.75) is 26.8 Å². The van der Waals surface area contributed by atoms with E-state index < -0.39 is 0 Å². The second kappa shape index (κ2) is 7.70. The van der Waals surface area contributed by atoms with Gasteiger partial charge in [0, 0.05) is 50.2 Å². The Morgan fingerprint density at radius 3 is 2.50 bits per heavy atom.